The molecule has 2 aromatic rings. The number of rotatable bonds is 7. The summed E-state index contributed by atoms with van der Waals surface area (Å²) in [7, 11) is 0. The second-order valence-electron chi connectivity index (χ2n) is 4.57. The molecule has 1 N–H and O–H groups in total. The molecule has 1 heterocycles. The minimum Gasteiger partial charge on any atom is -0.308 e. The zero-order chi connectivity index (χ0) is 15.2. The average Bonchev–Trinajstić information content (AvgIpc) is 2.86. The Balaban J connectivity index is 2.11. The third kappa shape index (κ3) is 4.39. The lowest BCUT2D eigenvalue weighted by Crippen LogP contribution is -2.26. The van der Waals surface area contributed by atoms with Gasteiger partial charge in [0, 0.05) is 22.2 Å². The molecule has 0 amide bonds. The maximum atomic E-state index is 6.31. The molecular weight excluding hydrogens is 325 g/mol. The molecule has 0 saturated heterocycles. The Kier molecular flexibility index (Phi) is 6.42. The smallest absolute Gasteiger partial charge is 0.0834 e. The fourth-order valence-corrected chi connectivity index (χ4v) is 3.52. The van der Waals surface area contributed by atoms with Gasteiger partial charge in [-0.2, -0.15) is 5.10 Å². The molecule has 0 spiro atoms. The summed E-state index contributed by atoms with van der Waals surface area (Å²) in [5.74, 6) is 0.890. The van der Waals surface area contributed by atoms with Crippen LogP contribution < -0.4 is 5.32 Å². The third-order valence-electron chi connectivity index (χ3n) is 3.14. The first-order valence-corrected chi connectivity index (χ1v) is 8.72. The summed E-state index contributed by atoms with van der Waals surface area (Å²) in [5, 5.41) is 9.29. The minimum absolute atomic E-state index is 0.172. The van der Waals surface area contributed by atoms with Crippen molar-refractivity contribution in [2.75, 3.05) is 12.3 Å². The van der Waals surface area contributed by atoms with Gasteiger partial charge in [0.25, 0.3) is 0 Å². The molecule has 0 aliphatic rings. The van der Waals surface area contributed by atoms with Crippen LogP contribution in [0.3, 0.4) is 0 Å². The lowest BCUT2D eigenvalue weighted by atomic mass is 10.2. The summed E-state index contributed by atoms with van der Waals surface area (Å²) in [6.45, 7) is 5.87. The van der Waals surface area contributed by atoms with Gasteiger partial charge in [0.2, 0.25) is 0 Å². The van der Waals surface area contributed by atoms with Crippen LogP contribution in [0.25, 0.3) is 0 Å². The molecule has 1 aromatic heterocycles. The van der Waals surface area contributed by atoms with Crippen molar-refractivity contribution in [1.82, 2.24) is 15.1 Å². The van der Waals surface area contributed by atoms with Crippen molar-refractivity contribution in [2.24, 2.45) is 0 Å². The highest BCUT2D eigenvalue weighted by molar-refractivity contribution is 7.99. The number of aryl methyl sites for hydroxylation is 1. The van der Waals surface area contributed by atoms with E-state index in [0.29, 0.717) is 0 Å². The molecule has 6 heteroatoms. The van der Waals surface area contributed by atoms with E-state index in [0.717, 1.165) is 34.6 Å². The van der Waals surface area contributed by atoms with Crippen molar-refractivity contribution in [2.45, 2.75) is 31.3 Å². The van der Waals surface area contributed by atoms with Gasteiger partial charge < -0.3 is 5.32 Å². The van der Waals surface area contributed by atoms with E-state index >= 15 is 0 Å². The van der Waals surface area contributed by atoms with E-state index in [2.05, 4.69) is 24.3 Å². The maximum absolute atomic E-state index is 6.31. The second kappa shape index (κ2) is 8.08. The van der Waals surface area contributed by atoms with Crippen molar-refractivity contribution in [3.63, 3.8) is 0 Å². The fraction of sp³-hybridized carbons (Fsp3) is 0.400. The summed E-state index contributed by atoms with van der Waals surface area (Å²) in [6.07, 6.45) is 1.72. The SMILES string of the molecule is CCNC(CSc1ccc(Cl)cc1)c1c(Cl)cnn1CC. The number of nitrogens with one attached hydrogen (secondary N) is 1. The molecule has 1 aromatic carbocycles. The Hall–Kier alpha value is -0.680. The van der Waals surface area contributed by atoms with Crippen LogP contribution in [0.5, 0.6) is 0 Å². The summed E-state index contributed by atoms with van der Waals surface area (Å²) < 4.78 is 1.96. The highest BCUT2D eigenvalue weighted by atomic mass is 35.5. The normalized spacial score (nSPS) is 12.6. The number of nitrogens with zero attached hydrogens (tertiary/aromatic N) is 2. The standard InChI is InChI=1S/C15H19Cl2N3S/c1-3-18-14(15-13(17)9-19-20(15)4-2)10-21-12-7-5-11(16)6-8-12/h5-9,14,18H,3-4,10H2,1-2H3. The molecule has 0 aliphatic heterocycles. The fourth-order valence-electron chi connectivity index (χ4n) is 2.16. The lowest BCUT2D eigenvalue weighted by molar-refractivity contribution is 0.527. The Bertz CT molecular complexity index is 569. The second-order valence-corrected chi connectivity index (χ2v) is 6.51. The molecule has 0 bridgehead atoms. The Morgan fingerprint density at radius 2 is 1.95 bits per heavy atom. The molecule has 114 valence electrons. The van der Waals surface area contributed by atoms with Crippen LogP contribution in [0.2, 0.25) is 10.0 Å². The van der Waals surface area contributed by atoms with Crippen LogP contribution in [0.4, 0.5) is 0 Å². The van der Waals surface area contributed by atoms with Crippen LogP contribution in [0.15, 0.2) is 35.4 Å². The Morgan fingerprint density at radius 3 is 2.57 bits per heavy atom. The quantitative estimate of drug-likeness (QED) is 0.742. The van der Waals surface area contributed by atoms with Gasteiger partial charge in [0.15, 0.2) is 0 Å². The molecule has 1 atom stereocenters. The van der Waals surface area contributed by atoms with E-state index < -0.39 is 0 Å². The first kappa shape index (κ1) is 16.7. The van der Waals surface area contributed by atoms with Gasteiger partial charge in [-0.25, -0.2) is 0 Å². The molecule has 3 nitrogen and oxygen atoms in total. The number of halogens is 2. The van der Waals surface area contributed by atoms with Gasteiger partial charge in [-0.05, 0) is 37.7 Å². The predicted molar refractivity (Wildman–Crippen MR) is 91.5 cm³/mol. The number of hydrogen-bond donors (Lipinski definition) is 1. The number of thioether (sulfide) groups is 1. The van der Waals surface area contributed by atoms with Crippen LogP contribution in [0.1, 0.15) is 25.6 Å². The largest absolute Gasteiger partial charge is 0.308 e. The van der Waals surface area contributed by atoms with E-state index in [1.165, 1.54) is 4.90 Å². The molecule has 0 fully saturated rings. The molecule has 0 aliphatic carbocycles. The van der Waals surface area contributed by atoms with Crippen molar-refractivity contribution >= 4 is 35.0 Å². The van der Waals surface area contributed by atoms with Gasteiger partial charge in [0.05, 0.1) is 23.0 Å². The van der Waals surface area contributed by atoms with Gasteiger partial charge in [0.1, 0.15) is 0 Å². The number of hydrogen-bond acceptors (Lipinski definition) is 3. The van der Waals surface area contributed by atoms with E-state index in [4.69, 9.17) is 23.2 Å². The van der Waals surface area contributed by atoms with E-state index in [9.17, 15) is 0 Å². The molecule has 21 heavy (non-hydrogen) atoms. The highest BCUT2D eigenvalue weighted by Gasteiger charge is 2.19. The maximum Gasteiger partial charge on any atom is 0.0834 e. The van der Waals surface area contributed by atoms with Gasteiger partial charge in [-0.1, -0.05) is 30.1 Å². The van der Waals surface area contributed by atoms with Crippen molar-refractivity contribution in [1.29, 1.82) is 0 Å². The summed E-state index contributed by atoms with van der Waals surface area (Å²) >= 11 is 14.0. The third-order valence-corrected chi connectivity index (χ3v) is 4.79. The van der Waals surface area contributed by atoms with Crippen LogP contribution in [-0.4, -0.2) is 22.1 Å². The molecule has 0 radical (unpaired) electrons. The summed E-state index contributed by atoms with van der Waals surface area (Å²) in [4.78, 5) is 1.20. The van der Waals surface area contributed by atoms with Crippen LogP contribution in [0, 0.1) is 0 Å². The van der Waals surface area contributed by atoms with E-state index in [1.54, 1.807) is 18.0 Å². The number of aromatic nitrogens is 2. The van der Waals surface area contributed by atoms with E-state index in [-0.39, 0.29) is 6.04 Å². The monoisotopic (exact) mass is 343 g/mol. The van der Waals surface area contributed by atoms with Gasteiger partial charge >= 0.3 is 0 Å². The highest BCUT2D eigenvalue weighted by Crippen LogP contribution is 2.29. The average molecular weight is 344 g/mol. The lowest BCUT2D eigenvalue weighted by Gasteiger charge is -2.19. The van der Waals surface area contributed by atoms with Crippen molar-refractivity contribution in [3.05, 3.63) is 46.2 Å². The zero-order valence-electron chi connectivity index (χ0n) is 12.1. The molecule has 2 rings (SSSR count). The topological polar surface area (TPSA) is 29.9 Å². The first-order valence-electron chi connectivity index (χ1n) is 6.98. The van der Waals surface area contributed by atoms with Crippen molar-refractivity contribution in [3.8, 4) is 0 Å². The Labute approximate surface area is 140 Å². The molecule has 0 saturated carbocycles. The van der Waals surface area contributed by atoms with Crippen molar-refractivity contribution < 1.29 is 0 Å². The number of benzene rings is 1. The Morgan fingerprint density at radius 1 is 1.24 bits per heavy atom. The van der Waals surface area contributed by atoms with Gasteiger partial charge in [-0.3, -0.25) is 4.68 Å². The van der Waals surface area contributed by atoms with Gasteiger partial charge in [-0.15, -0.1) is 11.8 Å². The predicted octanol–water partition coefficient (Wildman–Crippen LogP) is 4.65. The summed E-state index contributed by atoms with van der Waals surface area (Å²) in [5.41, 5.74) is 1.06. The minimum atomic E-state index is 0.172. The first-order chi connectivity index (χ1) is 10.2. The molecular formula is C15H19Cl2N3S. The molecule has 1 unspecified atom stereocenters. The van der Waals surface area contributed by atoms with Crippen LogP contribution >= 0.6 is 35.0 Å². The van der Waals surface area contributed by atoms with E-state index in [1.807, 2.05) is 28.9 Å². The summed E-state index contributed by atoms with van der Waals surface area (Å²) in [6, 6.07) is 8.07. The zero-order valence-corrected chi connectivity index (χ0v) is 14.5. The van der Waals surface area contributed by atoms with Crippen LogP contribution in [-0.2, 0) is 6.54 Å².